The van der Waals surface area contributed by atoms with Crippen molar-refractivity contribution in [1.82, 2.24) is 14.1 Å². The molecule has 0 spiro atoms. The van der Waals surface area contributed by atoms with Gasteiger partial charge in [-0.3, -0.25) is 4.79 Å². The largest absolute Gasteiger partial charge is 0.486 e. The van der Waals surface area contributed by atoms with Gasteiger partial charge in [-0.1, -0.05) is 20.8 Å². The van der Waals surface area contributed by atoms with E-state index in [4.69, 9.17) is 9.15 Å². The van der Waals surface area contributed by atoms with E-state index in [1.165, 1.54) is 11.3 Å². The number of nitrogens with zero attached hydrogens (tertiary/aromatic N) is 4. The van der Waals surface area contributed by atoms with Gasteiger partial charge in [0.25, 0.3) is 5.91 Å². The van der Waals surface area contributed by atoms with Gasteiger partial charge in [0.2, 0.25) is 0 Å². The predicted molar refractivity (Wildman–Crippen MR) is 128 cm³/mol. The highest BCUT2D eigenvalue weighted by molar-refractivity contribution is 7.09. The molecule has 190 valence electrons. The number of carbonyl (C=O) groups excluding carboxylic acids is 1. The van der Waals surface area contributed by atoms with E-state index in [9.17, 15) is 18.0 Å². The van der Waals surface area contributed by atoms with Gasteiger partial charge >= 0.3 is 6.18 Å². The summed E-state index contributed by atoms with van der Waals surface area (Å²) in [7, 11) is 1.77. The molecule has 0 atom stereocenters. The third-order valence-corrected chi connectivity index (χ3v) is 6.84. The van der Waals surface area contributed by atoms with Crippen molar-refractivity contribution in [2.24, 2.45) is 12.0 Å². The monoisotopic (exact) mass is 518 g/mol. The summed E-state index contributed by atoms with van der Waals surface area (Å²) >= 11 is 1.30. The smallest absolute Gasteiger partial charge is 0.416 e. The lowest BCUT2D eigenvalue weighted by Crippen LogP contribution is -2.17. The van der Waals surface area contributed by atoms with Crippen LogP contribution in [-0.4, -0.2) is 20.0 Å². The van der Waals surface area contributed by atoms with Crippen molar-refractivity contribution in [2.45, 2.75) is 45.5 Å². The van der Waals surface area contributed by atoms with Crippen LogP contribution >= 0.6 is 11.3 Å². The van der Waals surface area contributed by atoms with E-state index in [1.54, 1.807) is 47.1 Å². The molecule has 0 N–H and O–H groups in total. The van der Waals surface area contributed by atoms with Crippen molar-refractivity contribution in [1.29, 1.82) is 0 Å². The maximum atomic E-state index is 13.5. The molecule has 1 amide bonds. The average molecular weight is 519 g/mol. The number of rotatable bonds is 6. The van der Waals surface area contributed by atoms with E-state index >= 15 is 0 Å². The molecule has 4 aromatic rings. The molecule has 0 aliphatic carbocycles. The molecule has 0 saturated heterocycles. The highest BCUT2D eigenvalue weighted by Gasteiger charge is 2.32. The zero-order valence-corrected chi connectivity index (χ0v) is 21.0. The molecule has 0 unspecified atom stereocenters. The Morgan fingerprint density at radius 2 is 2.00 bits per heavy atom. The first-order valence-electron chi connectivity index (χ1n) is 11.0. The topological polar surface area (TPSA) is 74.6 Å². The van der Waals surface area contributed by atoms with Crippen molar-refractivity contribution < 1.29 is 27.1 Å². The Balaban J connectivity index is 1.76. The molecular formula is C25H25F3N4O3S. The molecule has 36 heavy (non-hydrogen) atoms. The number of halogens is 3. The first kappa shape index (κ1) is 25.5. The van der Waals surface area contributed by atoms with Gasteiger partial charge < -0.3 is 18.3 Å². The quantitative estimate of drug-likeness (QED) is 0.335. The fourth-order valence-electron chi connectivity index (χ4n) is 3.32. The summed E-state index contributed by atoms with van der Waals surface area (Å²) in [4.78, 5) is 22.8. The Kier molecular flexibility index (Phi) is 6.94. The van der Waals surface area contributed by atoms with Crippen LogP contribution in [0.1, 0.15) is 53.0 Å². The number of amides is 1. The molecule has 0 radical (unpaired) electrons. The molecule has 3 heterocycles. The van der Waals surface area contributed by atoms with E-state index in [-0.39, 0.29) is 23.3 Å². The van der Waals surface area contributed by atoms with Crippen LogP contribution in [0.3, 0.4) is 0 Å². The molecule has 0 aliphatic heterocycles. The highest BCUT2D eigenvalue weighted by Crippen LogP contribution is 2.33. The summed E-state index contributed by atoms with van der Waals surface area (Å²) in [6.45, 7) is 6.42. The van der Waals surface area contributed by atoms with E-state index in [0.29, 0.717) is 22.8 Å². The van der Waals surface area contributed by atoms with Crippen LogP contribution in [-0.2, 0) is 31.8 Å². The van der Waals surface area contributed by atoms with Crippen LogP contribution in [0.2, 0.25) is 0 Å². The van der Waals surface area contributed by atoms with Crippen molar-refractivity contribution in [3.63, 3.8) is 0 Å². The first-order valence-corrected chi connectivity index (χ1v) is 11.8. The van der Waals surface area contributed by atoms with Gasteiger partial charge in [0, 0.05) is 18.1 Å². The number of hydrogen-bond acceptors (Lipinski definition) is 5. The minimum atomic E-state index is -4.63. The van der Waals surface area contributed by atoms with Crippen molar-refractivity contribution in [3.05, 3.63) is 87.6 Å². The SMILES string of the molecule is Cn1cncc1COc1ccc(C(F)(F)F)cc1C(=O)/N=c1\sc(C(C)(C)C)cn1Cc1ccco1. The van der Waals surface area contributed by atoms with Crippen LogP contribution in [0.15, 0.2) is 64.7 Å². The summed E-state index contributed by atoms with van der Waals surface area (Å²) < 4.78 is 55.0. The first-order chi connectivity index (χ1) is 16.9. The molecule has 7 nitrogen and oxygen atoms in total. The Labute approximate surface area is 209 Å². The van der Waals surface area contributed by atoms with E-state index in [1.807, 2.05) is 27.0 Å². The Hall–Kier alpha value is -3.60. The second-order valence-electron chi connectivity index (χ2n) is 9.25. The molecule has 0 saturated carbocycles. The second kappa shape index (κ2) is 9.81. The molecule has 4 rings (SSSR count). The van der Waals surface area contributed by atoms with Gasteiger partial charge in [0.1, 0.15) is 18.1 Å². The molecule has 3 aromatic heterocycles. The number of ether oxygens (including phenoxy) is 1. The number of aryl methyl sites for hydroxylation is 1. The van der Waals surface area contributed by atoms with Crippen LogP contribution in [0, 0.1) is 0 Å². The van der Waals surface area contributed by atoms with E-state index in [2.05, 4.69) is 9.98 Å². The lowest BCUT2D eigenvalue weighted by Gasteiger charge is -2.14. The van der Waals surface area contributed by atoms with E-state index < -0.39 is 17.6 Å². The molecule has 0 fully saturated rings. The van der Waals surface area contributed by atoms with Gasteiger partial charge in [-0.2, -0.15) is 18.2 Å². The Morgan fingerprint density at radius 1 is 1.22 bits per heavy atom. The predicted octanol–water partition coefficient (Wildman–Crippen LogP) is 5.56. The van der Waals surface area contributed by atoms with Crippen molar-refractivity contribution in [2.75, 3.05) is 0 Å². The van der Waals surface area contributed by atoms with Crippen LogP contribution < -0.4 is 9.54 Å². The fourth-order valence-corrected chi connectivity index (χ4v) is 4.37. The zero-order chi connectivity index (χ0) is 26.1. The number of thiazole rings is 1. The Morgan fingerprint density at radius 3 is 2.61 bits per heavy atom. The minimum absolute atomic E-state index is 0.00290. The number of aromatic nitrogens is 3. The summed E-state index contributed by atoms with van der Waals surface area (Å²) in [6.07, 6.45) is 1.95. The summed E-state index contributed by atoms with van der Waals surface area (Å²) in [5.41, 5.74) is -0.768. The summed E-state index contributed by atoms with van der Waals surface area (Å²) in [5.74, 6) is -0.179. The number of hydrogen-bond donors (Lipinski definition) is 0. The molecule has 1 aromatic carbocycles. The van der Waals surface area contributed by atoms with Gasteiger partial charge in [0.05, 0.1) is 42.2 Å². The summed E-state index contributed by atoms with van der Waals surface area (Å²) in [6, 6.07) is 6.36. The number of imidazole rings is 1. The van der Waals surface area contributed by atoms with Crippen molar-refractivity contribution in [3.8, 4) is 5.75 Å². The normalized spacial score (nSPS) is 12.8. The third kappa shape index (κ3) is 5.78. The number of alkyl halides is 3. The third-order valence-electron chi connectivity index (χ3n) is 5.39. The van der Waals surface area contributed by atoms with Crippen LogP contribution in [0.25, 0.3) is 0 Å². The zero-order valence-electron chi connectivity index (χ0n) is 20.2. The molecule has 11 heteroatoms. The van der Waals surface area contributed by atoms with Gasteiger partial charge in [0.15, 0.2) is 4.80 Å². The highest BCUT2D eigenvalue weighted by atomic mass is 32.1. The maximum absolute atomic E-state index is 13.5. The molecule has 0 aliphatic rings. The van der Waals surface area contributed by atoms with Gasteiger partial charge in [-0.15, -0.1) is 11.3 Å². The standard InChI is InChI=1S/C25H25F3N4O3S/c1-24(2,3)21-13-32(12-18-6-5-9-34-18)23(36-21)30-22(33)19-10-16(25(26,27)28)7-8-20(19)35-14-17-11-29-15-31(17)4/h5-11,13,15H,12,14H2,1-4H3/b30-23-. The molecular weight excluding hydrogens is 493 g/mol. The number of carbonyl (C=O) groups is 1. The fraction of sp³-hybridized carbons (Fsp3) is 0.320. The lowest BCUT2D eigenvalue weighted by molar-refractivity contribution is -0.137. The minimum Gasteiger partial charge on any atom is -0.486 e. The number of furan rings is 1. The Bertz CT molecular complexity index is 1420. The van der Waals surface area contributed by atoms with Gasteiger partial charge in [-0.25, -0.2) is 4.98 Å². The maximum Gasteiger partial charge on any atom is 0.416 e. The van der Waals surface area contributed by atoms with Gasteiger partial charge in [-0.05, 0) is 35.7 Å². The van der Waals surface area contributed by atoms with Crippen LogP contribution in [0.4, 0.5) is 13.2 Å². The average Bonchev–Trinajstić information content (AvgIpc) is 3.54. The lowest BCUT2D eigenvalue weighted by atomic mass is 9.95. The second-order valence-corrected chi connectivity index (χ2v) is 10.3. The van der Waals surface area contributed by atoms with Crippen molar-refractivity contribution >= 4 is 17.2 Å². The summed E-state index contributed by atoms with van der Waals surface area (Å²) in [5, 5.41) is 0. The number of benzene rings is 1. The van der Waals surface area contributed by atoms with E-state index in [0.717, 1.165) is 23.1 Å². The van der Waals surface area contributed by atoms with Crippen LogP contribution in [0.5, 0.6) is 5.75 Å². The molecule has 0 bridgehead atoms.